The molecule has 0 heterocycles. The molecule has 0 aromatic heterocycles. The van der Waals surface area contributed by atoms with Crippen LogP contribution < -0.4 is 19.7 Å². The van der Waals surface area contributed by atoms with E-state index in [-0.39, 0.29) is 5.91 Å². The molecule has 2 aromatic rings. The number of ether oxygens (including phenoxy) is 2. The highest BCUT2D eigenvalue weighted by Gasteiger charge is 2.13. The van der Waals surface area contributed by atoms with Crippen LogP contribution >= 0.6 is 0 Å². The van der Waals surface area contributed by atoms with E-state index in [0.717, 1.165) is 28.3 Å². The van der Waals surface area contributed by atoms with Gasteiger partial charge in [0.15, 0.2) is 6.54 Å². The molecular weight excluding hydrogens is 328 g/mol. The summed E-state index contributed by atoms with van der Waals surface area (Å²) in [6.07, 6.45) is 1.72. The molecule has 0 spiro atoms. The second kappa shape index (κ2) is 9.63. The molecule has 0 bridgehead atoms. The van der Waals surface area contributed by atoms with Gasteiger partial charge in [-0.3, -0.25) is 4.79 Å². The zero-order valence-electron chi connectivity index (χ0n) is 15.7. The lowest BCUT2D eigenvalue weighted by Crippen LogP contribution is -3.08. The van der Waals surface area contributed by atoms with Crippen molar-refractivity contribution in [2.24, 2.45) is 0 Å². The monoisotopic (exact) mass is 355 g/mol. The number of amides is 1. The number of rotatable bonds is 9. The topological polar surface area (TPSA) is 52.0 Å². The van der Waals surface area contributed by atoms with Gasteiger partial charge in [0.1, 0.15) is 24.7 Å². The normalized spacial score (nSPS) is 11.5. The zero-order chi connectivity index (χ0) is 18.9. The van der Waals surface area contributed by atoms with Crippen LogP contribution in [0.15, 0.2) is 55.1 Å². The lowest BCUT2D eigenvalue weighted by Gasteiger charge is -2.15. The predicted octanol–water partition coefficient (Wildman–Crippen LogP) is 2.22. The maximum Gasteiger partial charge on any atom is 0.279 e. The fourth-order valence-electron chi connectivity index (χ4n) is 2.66. The van der Waals surface area contributed by atoms with Gasteiger partial charge in [-0.25, -0.2) is 0 Å². The first-order valence-electron chi connectivity index (χ1n) is 8.60. The van der Waals surface area contributed by atoms with Crippen molar-refractivity contribution in [3.05, 3.63) is 66.2 Å². The van der Waals surface area contributed by atoms with Crippen molar-refractivity contribution in [3.63, 3.8) is 0 Å². The number of benzene rings is 2. The molecule has 5 heteroatoms. The molecule has 138 valence electrons. The van der Waals surface area contributed by atoms with Crippen LogP contribution in [0.25, 0.3) is 0 Å². The molecule has 0 fully saturated rings. The lowest BCUT2D eigenvalue weighted by atomic mass is 10.2. The summed E-state index contributed by atoms with van der Waals surface area (Å²) in [7, 11) is 3.59. The standard InChI is InChI=1S/C21H26N2O3/c1-5-12-26-18-9-7-17(8-10-18)14-23(3)15-21(24)22-19-13-16(2)6-11-20(19)25-4/h5-11,13H,1,12,14-15H2,2-4H3,(H,22,24)/p+1. The summed E-state index contributed by atoms with van der Waals surface area (Å²) in [5.74, 6) is 1.43. The first-order valence-corrected chi connectivity index (χ1v) is 8.60. The molecule has 26 heavy (non-hydrogen) atoms. The number of quaternary nitrogens is 1. The van der Waals surface area contributed by atoms with Gasteiger partial charge >= 0.3 is 0 Å². The van der Waals surface area contributed by atoms with Crippen molar-refractivity contribution >= 4 is 11.6 Å². The van der Waals surface area contributed by atoms with Gasteiger partial charge in [-0.2, -0.15) is 0 Å². The molecule has 2 N–H and O–H groups in total. The third kappa shape index (κ3) is 5.93. The number of aryl methyl sites for hydroxylation is 1. The Balaban J connectivity index is 1.89. The summed E-state index contributed by atoms with van der Waals surface area (Å²) in [4.78, 5) is 13.4. The zero-order valence-corrected chi connectivity index (χ0v) is 15.7. The molecule has 0 saturated carbocycles. The van der Waals surface area contributed by atoms with Gasteiger partial charge in [0.25, 0.3) is 5.91 Å². The van der Waals surface area contributed by atoms with E-state index in [1.54, 1.807) is 13.2 Å². The van der Waals surface area contributed by atoms with E-state index in [2.05, 4.69) is 11.9 Å². The first-order chi connectivity index (χ1) is 12.5. The number of hydrogen-bond acceptors (Lipinski definition) is 3. The number of hydrogen-bond donors (Lipinski definition) is 2. The van der Waals surface area contributed by atoms with Gasteiger partial charge in [-0.1, -0.05) is 18.7 Å². The number of carbonyl (C=O) groups excluding carboxylic acids is 1. The molecule has 2 aromatic carbocycles. The summed E-state index contributed by atoms with van der Waals surface area (Å²) in [5, 5.41) is 2.94. The number of anilines is 1. The summed E-state index contributed by atoms with van der Waals surface area (Å²) >= 11 is 0. The van der Waals surface area contributed by atoms with E-state index in [4.69, 9.17) is 9.47 Å². The Kier molecular flexibility index (Phi) is 7.24. The quantitative estimate of drug-likeness (QED) is 0.678. The third-order valence-corrected chi connectivity index (χ3v) is 3.89. The Morgan fingerprint density at radius 3 is 2.62 bits per heavy atom. The molecule has 1 unspecified atom stereocenters. The van der Waals surface area contributed by atoms with Gasteiger partial charge in [0, 0.05) is 5.56 Å². The van der Waals surface area contributed by atoms with Gasteiger partial charge in [0.05, 0.1) is 19.8 Å². The van der Waals surface area contributed by atoms with Gasteiger partial charge in [-0.05, 0) is 48.9 Å². The molecule has 1 atom stereocenters. The molecule has 1 amide bonds. The van der Waals surface area contributed by atoms with Crippen LogP contribution in [-0.2, 0) is 11.3 Å². The lowest BCUT2D eigenvalue weighted by molar-refractivity contribution is -0.885. The highest BCUT2D eigenvalue weighted by Crippen LogP contribution is 2.24. The first kappa shape index (κ1) is 19.5. The fourth-order valence-corrected chi connectivity index (χ4v) is 2.66. The summed E-state index contributed by atoms with van der Waals surface area (Å²) in [5.41, 5.74) is 2.92. The number of carbonyl (C=O) groups is 1. The van der Waals surface area contributed by atoms with E-state index in [0.29, 0.717) is 24.6 Å². The molecule has 0 radical (unpaired) electrons. The molecule has 0 saturated heterocycles. The maximum atomic E-state index is 12.3. The Bertz CT molecular complexity index is 741. The minimum Gasteiger partial charge on any atom is -0.495 e. The van der Waals surface area contributed by atoms with Gasteiger partial charge in [-0.15, -0.1) is 0 Å². The molecule has 0 aliphatic rings. The molecule has 2 rings (SSSR count). The van der Waals surface area contributed by atoms with Crippen molar-refractivity contribution in [2.45, 2.75) is 13.5 Å². The van der Waals surface area contributed by atoms with E-state index >= 15 is 0 Å². The van der Waals surface area contributed by atoms with Crippen molar-refractivity contribution in [3.8, 4) is 11.5 Å². The van der Waals surface area contributed by atoms with E-state index < -0.39 is 0 Å². The van der Waals surface area contributed by atoms with Crippen molar-refractivity contribution in [2.75, 3.05) is 32.6 Å². The SMILES string of the molecule is C=CCOc1ccc(C[NH+](C)CC(=O)Nc2cc(C)ccc2OC)cc1. The molecule has 0 aliphatic heterocycles. The fraction of sp³-hybridized carbons (Fsp3) is 0.286. The average molecular weight is 355 g/mol. The molecule has 0 aliphatic carbocycles. The van der Waals surface area contributed by atoms with Crippen molar-refractivity contribution in [1.29, 1.82) is 0 Å². The Labute approximate surface area is 155 Å². The maximum absolute atomic E-state index is 12.3. The Morgan fingerprint density at radius 2 is 1.96 bits per heavy atom. The third-order valence-electron chi connectivity index (χ3n) is 3.89. The summed E-state index contributed by atoms with van der Waals surface area (Å²) < 4.78 is 10.8. The average Bonchev–Trinajstić information content (AvgIpc) is 2.61. The second-order valence-electron chi connectivity index (χ2n) is 6.31. The van der Waals surface area contributed by atoms with E-state index in [1.165, 1.54) is 0 Å². The Morgan fingerprint density at radius 1 is 1.23 bits per heavy atom. The second-order valence-corrected chi connectivity index (χ2v) is 6.31. The minimum absolute atomic E-state index is 0.0441. The van der Waals surface area contributed by atoms with Crippen LogP contribution in [0.5, 0.6) is 11.5 Å². The van der Waals surface area contributed by atoms with Crippen molar-refractivity contribution in [1.82, 2.24) is 0 Å². The van der Waals surface area contributed by atoms with Crippen LogP contribution in [0, 0.1) is 6.92 Å². The van der Waals surface area contributed by atoms with Crippen LogP contribution in [0.2, 0.25) is 0 Å². The van der Waals surface area contributed by atoms with Crippen molar-refractivity contribution < 1.29 is 19.2 Å². The summed E-state index contributed by atoms with van der Waals surface area (Å²) in [6, 6.07) is 13.6. The highest BCUT2D eigenvalue weighted by molar-refractivity contribution is 5.93. The molecule has 5 nitrogen and oxygen atoms in total. The predicted molar refractivity (Wildman–Crippen MR) is 104 cm³/mol. The number of nitrogens with one attached hydrogen (secondary N) is 2. The summed E-state index contributed by atoms with van der Waals surface area (Å²) in [6.45, 7) is 7.22. The van der Waals surface area contributed by atoms with Gasteiger partial charge in [0.2, 0.25) is 0 Å². The van der Waals surface area contributed by atoms with Crippen LogP contribution in [-0.4, -0.2) is 33.2 Å². The van der Waals surface area contributed by atoms with Gasteiger partial charge < -0.3 is 19.7 Å². The molecular formula is C21H27N2O3+. The van der Waals surface area contributed by atoms with Crippen LogP contribution in [0.4, 0.5) is 5.69 Å². The van der Waals surface area contributed by atoms with Crippen LogP contribution in [0.1, 0.15) is 11.1 Å². The Hall–Kier alpha value is -2.79. The highest BCUT2D eigenvalue weighted by atomic mass is 16.5. The number of likely N-dealkylation sites (N-methyl/N-ethyl adjacent to an activating group) is 1. The van der Waals surface area contributed by atoms with E-state index in [1.807, 2.05) is 56.4 Å². The van der Waals surface area contributed by atoms with E-state index in [9.17, 15) is 4.79 Å². The van der Waals surface area contributed by atoms with Crippen LogP contribution in [0.3, 0.4) is 0 Å². The largest absolute Gasteiger partial charge is 0.495 e. The smallest absolute Gasteiger partial charge is 0.279 e. The minimum atomic E-state index is -0.0441. The number of methoxy groups -OCH3 is 1.